The van der Waals surface area contributed by atoms with Gasteiger partial charge < -0.3 is 15.2 Å². The molecule has 0 aliphatic rings. The van der Waals surface area contributed by atoms with Gasteiger partial charge in [-0.05, 0) is 31.5 Å². The highest BCUT2D eigenvalue weighted by molar-refractivity contribution is 6.06. The smallest absolute Gasteiger partial charge is 0.422 e. The number of halogens is 5. The molecule has 0 bridgehead atoms. The lowest BCUT2D eigenvalue weighted by molar-refractivity contribution is -0.153. The monoisotopic (exact) mass is 500 g/mol. The van der Waals surface area contributed by atoms with Crippen molar-refractivity contribution in [1.82, 2.24) is 14.3 Å². The van der Waals surface area contributed by atoms with Gasteiger partial charge in [-0.15, -0.1) is 5.10 Å². The van der Waals surface area contributed by atoms with Crippen molar-refractivity contribution in [3.8, 4) is 11.4 Å². The largest absolute Gasteiger partial charge is 0.483 e. The maximum Gasteiger partial charge on any atom is 0.422 e. The summed E-state index contributed by atoms with van der Waals surface area (Å²) >= 11 is 0. The van der Waals surface area contributed by atoms with Crippen molar-refractivity contribution in [2.24, 2.45) is 0 Å². The molecular weight excluding hydrogens is 483 g/mol. The molecule has 1 aromatic heterocycles. The second-order valence-electron chi connectivity index (χ2n) is 7.16. The molecule has 1 amide bonds. The molecule has 3 rings (SSSR count). The minimum absolute atomic E-state index is 0.151. The van der Waals surface area contributed by atoms with Crippen molar-refractivity contribution in [3.05, 3.63) is 69.4 Å². The molecule has 0 fully saturated rings. The summed E-state index contributed by atoms with van der Waals surface area (Å²) in [5, 5.41) is 14.9. The third kappa shape index (κ3) is 5.31. The number of alkyl halides is 3. The number of benzene rings is 2. The molecule has 3 aromatic rings. The fourth-order valence-corrected chi connectivity index (χ4v) is 3.13. The van der Waals surface area contributed by atoms with E-state index < -0.39 is 64.8 Å². The number of hydrogen-bond donors (Lipinski definition) is 2. The predicted molar refractivity (Wildman–Crippen MR) is 111 cm³/mol. The standard InChI is InChI=1S/C21H17F5N4O5/c1-3-29-17(19(32)33)28-30(20(29)34)14-8-15(35-9-21(24,25)26)11(7-13(14)23)18(31)27-16-10(2)5-4-6-12(16)22/h4-8H,3,9H2,1-2H3,(H,27,31)(H,32,33). The summed E-state index contributed by atoms with van der Waals surface area (Å²) in [5.41, 5.74) is -2.59. The van der Waals surface area contributed by atoms with Gasteiger partial charge in [0.05, 0.1) is 11.3 Å². The van der Waals surface area contributed by atoms with E-state index in [2.05, 4.69) is 15.2 Å². The van der Waals surface area contributed by atoms with Crippen molar-refractivity contribution in [1.29, 1.82) is 0 Å². The van der Waals surface area contributed by atoms with Crippen molar-refractivity contribution in [2.75, 3.05) is 11.9 Å². The number of aromatic carboxylic acids is 1. The number of aromatic nitrogens is 3. The maximum absolute atomic E-state index is 15.0. The lowest BCUT2D eigenvalue weighted by Gasteiger charge is -2.16. The Bertz CT molecular complexity index is 1340. The number of para-hydroxylation sites is 1. The average molecular weight is 500 g/mol. The Morgan fingerprint density at radius 3 is 2.40 bits per heavy atom. The van der Waals surface area contributed by atoms with Crippen LogP contribution in [0.1, 0.15) is 33.5 Å². The first kappa shape index (κ1) is 25.4. The molecule has 0 unspecified atom stereocenters. The van der Waals surface area contributed by atoms with Crippen LogP contribution >= 0.6 is 0 Å². The molecule has 2 N–H and O–H groups in total. The second kappa shape index (κ2) is 9.56. The molecule has 0 spiro atoms. The summed E-state index contributed by atoms with van der Waals surface area (Å²) in [5.74, 6) is -6.50. The van der Waals surface area contributed by atoms with E-state index in [9.17, 15) is 41.4 Å². The van der Waals surface area contributed by atoms with Gasteiger partial charge in [-0.25, -0.2) is 18.4 Å². The molecule has 0 aliphatic carbocycles. The van der Waals surface area contributed by atoms with Crippen LogP contribution in [-0.2, 0) is 6.54 Å². The average Bonchev–Trinajstić information content (AvgIpc) is 3.11. The molecule has 0 aliphatic heterocycles. The molecular formula is C21H17F5N4O5. The Kier molecular flexibility index (Phi) is 6.94. The van der Waals surface area contributed by atoms with E-state index in [1.54, 1.807) is 0 Å². The zero-order valence-corrected chi connectivity index (χ0v) is 18.1. The first-order chi connectivity index (χ1) is 16.3. The number of carboxylic acids is 1. The second-order valence-corrected chi connectivity index (χ2v) is 7.16. The highest BCUT2D eigenvalue weighted by atomic mass is 19.4. The highest BCUT2D eigenvalue weighted by Gasteiger charge is 2.31. The number of ether oxygens (including phenoxy) is 1. The number of rotatable bonds is 7. The summed E-state index contributed by atoms with van der Waals surface area (Å²) in [6.45, 7) is 0.851. The SMILES string of the molecule is CCn1c(C(=O)O)nn(-c2cc(OCC(F)(F)F)c(C(=O)Nc3c(C)cccc3F)cc2F)c1=O. The number of aryl methyl sites for hydroxylation is 1. The first-order valence-corrected chi connectivity index (χ1v) is 9.87. The van der Waals surface area contributed by atoms with E-state index in [4.69, 9.17) is 0 Å². The van der Waals surface area contributed by atoms with Crippen molar-refractivity contribution < 1.29 is 41.4 Å². The molecule has 186 valence electrons. The Labute approximate surface area is 193 Å². The van der Waals surface area contributed by atoms with Gasteiger partial charge in [0.2, 0.25) is 5.82 Å². The van der Waals surface area contributed by atoms with Gasteiger partial charge >= 0.3 is 17.8 Å². The number of carbonyl (C=O) groups is 2. The van der Waals surface area contributed by atoms with Crippen LogP contribution in [0, 0.1) is 18.6 Å². The van der Waals surface area contributed by atoms with E-state index >= 15 is 0 Å². The lowest BCUT2D eigenvalue weighted by Crippen LogP contribution is -2.26. The number of anilines is 1. The fraction of sp³-hybridized carbons (Fsp3) is 0.238. The Morgan fingerprint density at radius 1 is 1.17 bits per heavy atom. The zero-order chi connectivity index (χ0) is 26.1. The maximum atomic E-state index is 15.0. The summed E-state index contributed by atoms with van der Waals surface area (Å²) in [4.78, 5) is 36.6. The molecule has 0 radical (unpaired) electrons. The van der Waals surface area contributed by atoms with Gasteiger partial charge in [0, 0.05) is 12.6 Å². The summed E-state index contributed by atoms with van der Waals surface area (Å²) < 4.78 is 73.2. The van der Waals surface area contributed by atoms with Crippen LogP contribution in [0.25, 0.3) is 5.69 Å². The van der Waals surface area contributed by atoms with Crippen LogP contribution in [0.3, 0.4) is 0 Å². The van der Waals surface area contributed by atoms with E-state index in [1.165, 1.54) is 26.0 Å². The van der Waals surface area contributed by atoms with E-state index in [0.717, 1.165) is 6.07 Å². The highest BCUT2D eigenvalue weighted by Crippen LogP contribution is 2.29. The minimum atomic E-state index is -4.85. The Hall–Kier alpha value is -4.23. The summed E-state index contributed by atoms with van der Waals surface area (Å²) in [6, 6.07) is 4.93. The quantitative estimate of drug-likeness (QED) is 0.480. The van der Waals surface area contributed by atoms with Crippen LogP contribution in [-0.4, -0.2) is 44.1 Å². The van der Waals surface area contributed by atoms with Crippen LogP contribution in [0.2, 0.25) is 0 Å². The summed E-state index contributed by atoms with van der Waals surface area (Å²) in [6.07, 6.45) is -4.85. The number of amides is 1. The van der Waals surface area contributed by atoms with E-state index in [-0.39, 0.29) is 17.8 Å². The van der Waals surface area contributed by atoms with Gasteiger partial charge in [-0.1, -0.05) is 12.1 Å². The Balaban J connectivity index is 2.14. The lowest BCUT2D eigenvalue weighted by atomic mass is 10.1. The van der Waals surface area contributed by atoms with Gasteiger partial charge in [-0.3, -0.25) is 9.36 Å². The van der Waals surface area contributed by atoms with Crippen molar-refractivity contribution >= 4 is 17.6 Å². The van der Waals surface area contributed by atoms with Crippen LogP contribution in [0.5, 0.6) is 5.75 Å². The molecule has 0 saturated carbocycles. The van der Waals surface area contributed by atoms with E-state index in [1.807, 2.05) is 0 Å². The van der Waals surface area contributed by atoms with Gasteiger partial charge in [0.25, 0.3) is 5.91 Å². The number of carboxylic acid groups (broad SMARTS) is 1. The third-order valence-corrected chi connectivity index (χ3v) is 4.74. The van der Waals surface area contributed by atoms with Crippen molar-refractivity contribution in [3.63, 3.8) is 0 Å². The van der Waals surface area contributed by atoms with Crippen LogP contribution < -0.4 is 15.7 Å². The topological polar surface area (TPSA) is 115 Å². The van der Waals surface area contributed by atoms with E-state index in [0.29, 0.717) is 21.4 Å². The number of nitrogens with zero attached hydrogens (tertiary/aromatic N) is 3. The van der Waals surface area contributed by atoms with Gasteiger partial charge in [-0.2, -0.15) is 17.9 Å². The third-order valence-electron chi connectivity index (χ3n) is 4.74. The molecule has 0 atom stereocenters. The number of carbonyl (C=O) groups excluding carboxylic acids is 1. The molecule has 14 heteroatoms. The minimum Gasteiger partial charge on any atom is -0.483 e. The van der Waals surface area contributed by atoms with Crippen LogP contribution in [0.15, 0.2) is 35.1 Å². The number of nitrogens with one attached hydrogen (secondary N) is 1. The zero-order valence-electron chi connectivity index (χ0n) is 18.1. The van der Waals surface area contributed by atoms with Gasteiger partial charge in [0.1, 0.15) is 23.1 Å². The Morgan fingerprint density at radius 2 is 1.86 bits per heavy atom. The van der Waals surface area contributed by atoms with Crippen LogP contribution in [0.4, 0.5) is 27.6 Å². The molecule has 0 saturated heterocycles. The van der Waals surface area contributed by atoms with Gasteiger partial charge in [0.15, 0.2) is 6.61 Å². The molecule has 1 heterocycles. The normalized spacial score (nSPS) is 11.4. The summed E-state index contributed by atoms with van der Waals surface area (Å²) in [7, 11) is 0. The molecule has 9 nitrogen and oxygen atoms in total. The molecule has 35 heavy (non-hydrogen) atoms. The first-order valence-electron chi connectivity index (χ1n) is 9.87. The number of hydrogen-bond acceptors (Lipinski definition) is 5. The fourth-order valence-electron chi connectivity index (χ4n) is 3.13. The predicted octanol–water partition coefficient (Wildman–Crippen LogP) is 3.53. The molecule has 2 aromatic carbocycles. The van der Waals surface area contributed by atoms with Crippen molar-refractivity contribution in [2.45, 2.75) is 26.6 Å².